The fourth-order valence-corrected chi connectivity index (χ4v) is 8.28. The largest absolute Gasteiger partial charge is 0.465 e. The summed E-state index contributed by atoms with van der Waals surface area (Å²) in [6.45, 7) is 12.3. The first-order valence-corrected chi connectivity index (χ1v) is 14.4. The first-order valence-electron chi connectivity index (χ1n) is 14.4. The van der Waals surface area contributed by atoms with E-state index in [4.69, 9.17) is 28.4 Å². The number of esters is 3. The van der Waals surface area contributed by atoms with Gasteiger partial charge in [0.15, 0.2) is 6.29 Å². The van der Waals surface area contributed by atoms with Crippen LogP contribution in [0.1, 0.15) is 80.1 Å². The van der Waals surface area contributed by atoms with E-state index in [1.165, 1.54) is 13.8 Å². The number of rotatable bonds is 7. The smallest absolute Gasteiger partial charge is 0.308 e. The zero-order valence-corrected chi connectivity index (χ0v) is 23.7. The summed E-state index contributed by atoms with van der Waals surface area (Å²) in [6.07, 6.45) is 2.92. The van der Waals surface area contributed by atoms with Crippen LogP contribution in [-0.4, -0.2) is 67.9 Å². The number of epoxide rings is 1. The summed E-state index contributed by atoms with van der Waals surface area (Å²) >= 11 is 0. The molecule has 0 amide bonds. The van der Waals surface area contributed by atoms with Crippen LogP contribution in [0.5, 0.6) is 0 Å². The Bertz CT molecular complexity index is 934. The first kappa shape index (κ1) is 27.8. The summed E-state index contributed by atoms with van der Waals surface area (Å²) in [6, 6.07) is 0. The van der Waals surface area contributed by atoms with Crippen molar-refractivity contribution < 1.29 is 42.8 Å². The minimum absolute atomic E-state index is 0.0285. The van der Waals surface area contributed by atoms with Crippen LogP contribution in [0.4, 0.5) is 0 Å². The van der Waals surface area contributed by atoms with Gasteiger partial charge < -0.3 is 28.4 Å². The van der Waals surface area contributed by atoms with Gasteiger partial charge in [-0.1, -0.05) is 27.7 Å². The van der Waals surface area contributed by atoms with E-state index in [0.717, 1.165) is 12.8 Å². The fourth-order valence-electron chi connectivity index (χ4n) is 8.28. The van der Waals surface area contributed by atoms with Crippen LogP contribution in [0.3, 0.4) is 0 Å². The van der Waals surface area contributed by atoms with Crippen molar-refractivity contribution in [2.75, 3.05) is 19.8 Å². The minimum atomic E-state index is -0.883. The number of carbonyl (C=O) groups is 3. The molecule has 5 aliphatic rings. The third-order valence-electron chi connectivity index (χ3n) is 10.7. The second kappa shape index (κ2) is 10.0. The van der Waals surface area contributed by atoms with Crippen LogP contribution < -0.4 is 0 Å². The highest BCUT2D eigenvalue weighted by Crippen LogP contribution is 2.70. The Hall–Kier alpha value is -1.71. The van der Waals surface area contributed by atoms with E-state index in [-0.39, 0.29) is 48.7 Å². The van der Waals surface area contributed by atoms with Gasteiger partial charge in [-0.25, -0.2) is 0 Å². The zero-order valence-electron chi connectivity index (χ0n) is 23.7. The molecule has 3 heterocycles. The Labute approximate surface area is 225 Å². The van der Waals surface area contributed by atoms with Gasteiger partial charge in [0.2, 0.25) is 0 Å². The molecule has 3 saturated heterocycles. The summed E-state index contributed by atoms with van der Waals surface area (Å²) in [5.74, 6) is -1.20. The topological polar surface area (TPSA) is 110 Å². The summed E-state index contributed by atoms with van der Waals surface area (Å²) in [4.78, 5) is 37.9. The van der Waals surface area contributed by atoms with Crippen molar-refractivity contribution in [3.8, 4) is 0 Å². The van der Waals surface area contributed by atoms with Crippen molar-refractivity contribution >= 4 is 17.9 Å². The molecule has 3 aliphatic heterocycles. The van der Waals surface area contributed by atoms with E-state index in [1.54, 1.807) is 0 Å². The zero-order chi connectivity index (χ0) is 27.5. The molecule has 5 rings (SSSR count). The molecular weight excluding hydrogens is 492 g/mol. The fraction of sp³-hybridized carbons (Fsp3) is 0.897. The molecule has 38 heavy (non-hydrogen) atoms. The van der Waals surface area contributed by atoms with Gasteiger partial charge in [0, 0.05) is 31.1 Å². The predicted molar refractivity (Wildman–Crippen MR) is 135 cm³/mol. The lowest BCUT2D eigenvalue weighted by molar-refractivity contribution is -0.279. The van der Waals surface area contributed by atoms with Crippen LogP contribution in [-0.2, 0) is 42.8 Å². The van der Waals surface area contributed by atoms with Crippen LogP contribution in [0.2, 0.25) is 0 Å². The molecule has 0 aromatic heterocycles. The monoisotopic (exact) mass is 536 g/mol. The summed E-state index contributed by atoms with van der Waals surface area (Å²) < 4.78 is 37.0. The van der Waals surface area contributed by atoms with Crippen molar-refractivity contribution in [3.05, 3.63) is 0 Å². The van der Waals surface area contributed by atoms with Crippen molar-refractivity contribution in [2.24, 2.45) is 34.5 Å². The molecule has 214 valence electrons. The maximum atomic E-state index is 13.2. The first-order chi connectivity index (χ1) is 18.0. The van der Waals surface area contributed by atoms with E-state index in [2.05, 4.69) is 13.8 Å². The van der Waals surface area contributed by atoms with Crippen LogP contribution in [0.25, 0.3) is 0 Å². The number of fused-ring (bicyclic) bond motifs is 3. The van der Waals surface area contributed by atoms with Gasteiger partial charge in [0.1, 0.15) is 24.4 Å². The van der Waals surface area contributed by atoms with Crippen LogP contribution in [0, 0.1) is 34.5 Å². The number of carbonyl (C=O) groups excluding carboxylic acids is 3. The standard InChI is InChI=1S/C29H44O9/c1-7-16(2)25(32)37-21-8-10-28(14-35-28)29(15-34-18(4)30)23(36-19(5)31)12-17(3)27(6,24(21)29)22-13-20-9-11-33-26(20)38-22/h16-17,20-24,26H,7-15H2,1-6H3. The Morgan fingerprint density at radius 3 is 2.42 bits per heavy atom. The molecule has 2 saturated carbocycles. The quantitative estimate of drug-likeness (QED) is 0.273. The molecule has 0 aromatic carbocycles. The van der Waals surface area contributed by atoms with Crippen molar-refractivity contribution in [1.82, 2.24) is 0 Å². The molecule has 0 bridgehead atoms. The molecular formula is C29H44O9. The molecule has 11 atom stereocenters. The van der Waals surface area contributed by atoms with E-state index < -0.39 is 34.6 Å². The average molecular weight is 537 g/mol. The van der Waals surface area contributed by atoms with E-state index in [1.807, 2.05) is 13.8 Å². The number of hydrogen-bond acceptors (Lipinski definition) is 9. The van der Waals surface area contributed by atoms with Crippen molar-refractivity contribution in [3.63, 3.8) is 0 Å². The Balaban J connectivity index is 1.64. The lowest BCUT2D eigenvalue weighted by atomic mass is 9.41. The van der Waals surface area contributed by atoms with Crippen molar-refractivity contribution in [1.29, 1.82) is 0 Å². The molecule has 9 heteroatoms. The lowest BCUT2D eigenvalue weighted by Crippen LogP contribution is -2.72. The third-order valence-corrected chi connectivity index (χ3v) is 10.7. The van der Waals surface area contributed by atoms with Crippen LogP contribution in [0.15, 0.2) is 0 Å². The Morgan fingerprint density at radius 1 is 1.08 bits per heavy atom. The maximum Gasteiger partial charge on any atom is 0.308 e. The second-order valence-corrected chi connectivity index (χ2v) is 12.7. The second-order valence-electron chi connectivity index (χ2n) is 12.7. The molecule has 1 spiro atoms. The van der Waals surface area contributed by atoms with E-state index in [0.29, 0.717) is 44.8 Å². The van der Waals surface area contributed by atoms with Gasteiger partial charge in [-0.3, -0.25) is 14.4 Å². The van der Waals surface area contributed by atoms with Gasteiger partial charge in [0.05, 0.1) is 30.7 Å². The Morgan fingerprint density at radius 2 is 1.82 bits per heavy atom. The van der Waals surface area contributed by atoms with Gasteiger partial charge in [-0.2, -0.15) is 0 Å². The van der Waals surface area contributed by atoms with Crippen molar-refractivity contribution in [2.45, 2.75) is 110 Å². The number of ether oxygens (including phenoxy) is 6. The van der Waals surface area contributed by atoms with Crippen LogP contribution >= 0.6 is 0 Å². The highest BCUT2D eigenvalue weighted by atomic mass is 16.7. The van der Waals surface area contributed by atoms with Gasteiger partial charge in [-0.05, 0) is 44.4 Å². The normalized spacial score (nSPS) is 46.1. The SMILES string of the molecule is CCC(C)C(=O)OC1CCC2(CO2)C2(COC(C)=O)C(OC(C)=O)CC(C)C(C)(C3CC4CCOC4O3)C12. The molecule has 2 aliphatic carbocycles. The molecule has 0 radical (unpaired) electrons. The van der Waals surface area contributed by atoms with E-state index in [9.17, 15) is 14.4 Å². The molecule has 9 nitrogen and oxygen atoms in total. The highest BCUT2D eigenvalue weighted by molar-refractivity contribution is 5.72. The average Bonchev–Trinajstić information content (AvgIpc) is 3.31. The molecule has 0 aromatic rings. The third kappa shape index (κ3) is 4.27. The highest BCUT2D eigenvalue weighted by Gasteiger charge is 2.79. The summed E-state index contributed by atoms with van der Waals surface area (Å²) in [5.41, 5.74) is -1.99. The van der Waals surface area contributed by atoms with Gasteiger partial charge in [-0.15, -0.1) is 0 Å². The predicted octanol–water partition coefficient (Wildman–Crippen LogP) is 3.80. The molecule has 11 unspecified atom stereocenters. The molecule has 5 fully saturated rings. The number of hydrogen-bond donors (Lipinski definition) is 0. The summed E-state index contributed by atoms with van der Waals surface area (Å²) in [7, 11) is 0. The minimum Gasteiger partial charge on any atom is -0.465 e. The Kier molecular flexibility index (Phi) is 7.36. The summed E-state index contributed by atoms with van der Waals surface area (Å²) in [5, 5.41) is 0. The van der Waals surface area contributed by atoms with E-state index >= 15 is 0 Å². The van der Waals surface area contributed by atoms with Gasteiger partial charge >= 0.3 is 17.9 Å². The maximum absolute atomic E-state index is 13.2. The van der Waals surface area contributed by atoms with Gasteiger partial charge in [0.25, 0.3) is 0 Å². The lowest BCUT2D eigenvalue weighted by Gasteiger charge is -2.65. The molecule has 0 N–H and O–H groups in total.